The Morgan fingerprint density at radius 1 is 0.733 bits per heavy atom. The fourth-order valence-corrected chi connectivity index (χ4v) is 3.65. The van der Waals surface area contributed by atoms with Gasteiger partial charge in [0.25, 0.3) is 0 Å². The van der Waals surface area contributed by atoms with E-state index in [1.165, 1.54) is 6.07 Å². The van der Waals surface area contributed by atoms with Gasteiger partial charge in [-0.1, -0.05) is 76.7 Å². The average Bonchev–Trinajstić information content (AvgIpc) is 2.99. The number of carbonyl (C=O) groups excluding carboxylic acids is 1. The molecule has 0 aromatic heterocycles. The lowest BCUT2D eigenvalue weighted by Crippen LogP contribution is -1.98. The first-order valence-electron chi connectivity index (χ1n) is 8.72. The SMILES string of the molecule is O=C1O/C(=C\c2cccc(-c3ccc(Cl)c(Cl)c3)c2)C(O)=C1c1ccc(Cl)c(Cl)c1. The van der Waals surface area contributed by atoms with Crippen LogP contribution in [0.4, 0.5) is 0 Å². The molecule has 0 bridgehead atoms. The summed E-state index contributed by atoms with van der Waals surface area (Å²) in [7, 11) is 0. The Hall–Kier alpha value is -2.43. The van der Waals surface area contributed by atoms with Gasteiger partial charge in [0.15, 0.2) is 11.5 Å². The van der Waals surface area contributed by atoms with E-state index >= 15 is 0 Å². The van der Waals surface area contributed by atoms with Crippen molar-refractivity contribution in [2.24, 2.45) is 0 Å². The first-order chi connectivity index (χ1) is 14.3. The van der Waals surface area contributed by atoms with Gasteiger partial charge in [0, 0.05) is 0 Å². The van der Waals surface area contributed by atoms with E-state index in [2.05, 4.69) is 0 Å². The lowest BCUT2D eigenvalue weighted by Gasteiger charge is -2.05. The van der Waals surface area contributed by atoms with Gasteiger partial charge in [-0.25, -0.2) is 4.79 Å². The molecule has 3 aromatic rings. The molecule has 1 aliphatic heterocycles. The molecule has 0 spiro atoms. The summed E-state index contributed by atoms with van der Waals surface area (Å²) < 4.78 is 5.28. The van der Waals surface area contributed by atoms with Gasteiger partial charge in [0.1, 0.15) is 5.57 Å². The number of halogens is 4. The Balaban J connectivity index is 1.71. The van der Waals surface area contributed by atoms with E-state index in [9.17, 15) is 9.90 Å². The summed E-state index contributed by atoms with van der Waals surface area (Å²) in [5.41, 5.74) is 2.94. The van der Waals surface area contributed by atoms with Gasteiger partial charge in [0.2, 0.25) is 0 Å². The summed E-state index contributed by atoms with van der Waals surface area (Å²) in [6.45, 7) is 0. The molecule has 0 unspecified atom stereocenters. The number of ether oxygens (including phenoxy) is 1. The van der Waals surface area contributed by atoms with Crippen LogP contribution in [-0.2, 0) is 9.53 Å². The molecule has 0 fully saturated rings. The largest absolute Gasteiger partial charge is 0.504 e. The van der Waals surface area contributed by atoms with Crippen molar-refractivity contribution >= 4 is 64.0 Å². The highest BCUT2D eigenvalue weighted by molar-refractivity contribution is 6.42. The number of esters is 1. The molecule has 1 heterocycles. The van der Waals surface area contributed by atoms with E-state index in [1.54, 1.807) is 30.3 Å². The van der Waals surface area contributed by atoms with Gasteiger partial charge >= 0.3 is 5.97 Å². The van der Waals surface area contributed by atoms with Crippen LogP contribution in [0.5, 0.6) is 0 Å². The monoisotopic (exact) mass is 476 g/mol. The number of carbonyl (C=O) groups is 1. The summed E-state index contributed by atoms with van der Waals surface area (Å²) in [4.78, 5) is 12.4. The van der Waals surface area contributed by atoms with Crippen molar-refractivity contribution in [3.8, 4) is 11.1 Å². The smallest absolute Gasteiger partial charge is 0.348 e. The number of aliphatic hydroxyl groups excluding tert-OH is 1. The minimum Gasteiger partial charge on any atom is -0.504 e. The van der Waals surface area contributed by atoms with Crippen molar-refractivity contribution in [2.45, 2.75) is 0 Å². The molecule has 1 aliphatic rings. The predicted octanol–water partition coefficient (Wildman–Crippen LogP) is 7.83. The van der Waals surface area contributed by atoms with Crippen molar-refractivity contribution in [1.29, 1.82) is 0 Å². The van der Waals surface area contributed by atoms with Gasteiger partial charge < -0.3 is 9.84 Å². The zero-order valence-electron chi connectivity index (χ0n) is 15.1. The topological polar surface area (TPSA) is 46.5 Å². The summed E-state index contributed by atoms with van der Waals surface area (Å²) in [5.74, 6) is -0.886. The molecule has 0 amide bonds. The maximum Gasteiger partial charge on any atom is 0.348 e. The van der Waals surface area contributed by atoms with Crippen LogP contribution in [0.3, 0.4) is 0 Å². The van der Waals surface area contributed by atoms with Crippen molar-refractivity contribution in [1.82, 2.24) is 0 Å². The molecule has 1 N–H and O–H groups in total. The van der Waals surface area contributed by atoms with Gasteiger partial charge in [-0.2, -0.15) is 0 Å². The second-order valence-electron chi connectivity index (χ2n) is 6.50. The van der Waals surface area contributed by atoms with Crippen molar-refractivity contribution in [2.75, 3.05) is 0 Å². The minimum atomic E-state index is -0.669. The van der Waals surface area contributed by atoms with E-state index in [0.717, 1.165) is 16.7 Å². The Morgan fingerprint density at radius 3 is 2.00 bits per heavy atom. The first-order valence-corrected chi connectivity index (χ1v) is 10.2. The highest BCUT2D eigenvalue weighted by Gasteiger charge is 2.31. The fourth-order valence-electron chi connectivity index (χ4n) is 3.06. The third-order valence-corrected chi connectivity index (χ3v) is 6.00. The normalized spacial score (nSPS) is 15.1. The molecular formula is C23H12Cl4O3. The van der Waals surface area contributed by atoms with Gasteiger partial charge in [0.05, 0.1) is 20.1 Å². The number of cyclic esters (lactones) is 1. The van der Waals surface area contributed by atoms with E-state index in [4.69, 9.17) is 51.1 Å². The Morgan fingerprint density at radius 2 is 1.33 bits per heavy atom. The zero-order valence-corrected chi connectivity index (χ0v) is 18.2. The van der Waals surface area contributed by atoms with Crippen molar-refractivity contribution in [3.05, 3.63) is 103 Å². The quantitative estimate of drug-likeness (QED) is 0.391. The first kappa shape index (κ1) is 20.8. The third-order valence-electron chi connectivity index (χ3n) is 4.52. The molecule has 0 radical (unpaired) electrons. The molecular weight excluding hydrogens is 466 g/mol. The molecule has 3 aromatic carbocycles. The zero-order chi connectivity index (χ0) is 21.4. The van der Waals surface area contributed by atoms with Crippen LogP contribution in [0.1, 0.15) is 11.1 Å². The number of aliphatic hydroxyl groups is 1. The number of benzene rings is 3. The van der Waals surface area contributed by atoms with Gasteiger partial charge in [-0.05, 0) is 58.7 Å². The minimum absolute atomic E-state index is 0.0282. The van der Waals surface area contributed by atoms with Crippen LogP contribution in [0, 0.1) is 0 Å². The summed E-state index contributed by atoms with van der Waals surface area (Å²) in [6, 6.07) is 17.5. The lowest BCUT2D eigenvalue weighted by atomic mass is 10.0. The third kappa shape index (κ3) is 4.07. The van der Waals surface area contributed by atoms with Crippen LogP contribution in [-0.4, -0.2) is 11.1 Å². The Bertz CT molecular complexity index is 1240. The van der Waals surface area contributed by atoms with Crippen LogP contribution in [0.15, 0.2) is 72.2 Å². The second-order valence-corrected chi connectivity index (χ2v) is 8.13. The van der Waals surface area contributed by atoms with E-state index in [0.29, 0.717) is 20.6 Å². The van der Waals surface area contributed by atoms with E-state index in [1.807, 2.05) is 30.3 Å². The Kier molecular flexibility index (Phi) is 5.81. The summed E-state index contributed by atoms with van der Waals surface area (Å²) in [5, 5.41) is 12.2. The number of hydrogen-bond acceptors (Lipinski definition) is 3. The summed E-state index contributed by atoms with van der Waals surface area (Å²) >= 11 is 24.1. The van der Waals surface area contributed by atoms with Crippen molar-refractivity contribution < 1.29 is 14.6 Å². The van der Waals surface area contributed by atoms with E-state index in [-0.39, 0.29) is 22.1 Å². The average molecular weight is 478 g/mol. The molecule has 0 saturated heterocycles. The van der Waals surface area contributed by atoms with Gasteiger partial charge in [-0.15, -0.1) is 0 Å². The molecule has 7 heteroatoms. The van der Waals surface area contributed by atoms with Crippen LogP contribution < -0.4 is 0 Å². The molecule has 4 rings (SSSR count). The predicted molar refractivity (Wildman–Crippen MR) is 122 cm³/mol. The van der Waals surface area contributed by atoms with Crippen LogP contribution in [0.25, 0.3) is 22.8 Å². The molecule has 150 valence electrons. The molecule has 0 aliphatic carbocycles. The molecule has 3 nitrogen and oxygen atoms in total. The van der Waals surface area contributed by atoms with Gasteiger partial charge in [-0.3, -0.25) is 0 Å². The van der Waals surface area contributed by atoms with Crippen molar-refractivity contribution in [3.63, 3.8) is 0 Å². The van der Waals surface area contributed by atoms with Crippen LogP contribution in [0.2, 0.25) is 20.1 Å². The highest BCUT2D eigenvalue weighted by Crippen LogP contribution is 2.36. The lowest BCUT2D eigenvalue weighted by molar-refractivity contribution is -0.131. The number of rotatable bonds is 3. The molecule has 30 heavy (non-hydrogen) atoms. The van der Waals surface area contributed by atoms with Crippen LogP contribution >= 0.6 is 46.4 Å². The second kappa shape index (κ2) is 8.37. The fraction of sp³-hybridized carbons (Fsp3) is 0. The van der Waals surface area contributed by atoms with E-state index < -0.39 is 5.97 Å². The molecule has 0 atom stereocenters. The maximum absolute atomic E-state index is 12.4. The summed E-state index contributed by atoms with van der Waals surface area (Å²) in [6.07, 6.45) is 1.58. The molecule has 0 saturated carbocycles. The standard InChI is InChI=1S/C23H12Cl4O3/c24-16-6-4-14(10-18(16)26)13-3-1-2-12(8-13)9-20-22(28)21(23(29)30-20)15-5-7-17(25)19(27)11-15/h1-11,28H/b20-9-. The maximum atomic E-state index is 12.4. The highest BCUT2D eigenvalue weighted by atomic mass is 35.5. The Labute approximate surface area is 192 Å². The number of hydrogen-bond donors (Lipinski definition) is 1.